The Bertz CT molecular complexity index is 388. The van der Waals surface area contributed by atoms with E-state index in [-0.39, 0.29) is 8.72 Å². The van der Waals surface area contributed by atoms with Gasteiger partial charge in [-0.1, -0.05) is 11.6 Å². The first-order chi connectivity index (χ1) is 6.43. The molecule has 0 spiro atoms. The number of aromatic nitrogens is 1. The van der Waals surface area contributed by atoms with Crippen LogP contribution < -0.4 is 0 Å². The average molecular weight is 334 g/mol. The van der Waals surface area contributed by atoms with Gasteiger partial charge in [0.15, 0.2) is 5.69 Å². The maximum Gasteiger partial charge on any atom is 0.309 e. The molecule has 14 heavy (non-hydrogen) atoms. The van der Waals surface area contributed by atoms with Crippen LogP contribution in [0.4, 0.5) is 14.5 Å². The molecule has 76 valence electrons. The summed E-state index contributed by atoms with van der Waals surface area (Å²) in [5.41, 5.74) is -1.59. The van der Waals surface area contributed by atoms with Gasteiger partial charge >= 0.3 is 5.69 Å². The lowest BCUT2D eigenvalue weighted by Gasteiger charge is -2.02. The van der Waals surface area contributed by atoms with Crippen molar-refractivity contribution < 1.29 is 13.7 Å². The van der Waals surface area contributed by atoms with Gasteiger partial charge in [0.2, 0.25) is 0 Å². The Morgan fingerprint density at radius 1 is 1.64 bits per heavy atom. The van der Waals surface area contributed by atoms with Crippen molar-refractivity contribution in [3.8, 4) is 0 Å². The summed E-state index contributed by atoms with van der Waals surface area (Å²) in [4.78, 5) is 12.8. The van der Waals surface area contributed by atoms with E-state index < -0.39 is 22.7 Å². The molecule has 0 N–H and O–H groups in total. The van der Waals surface area contributed by atoms with Crippen molar-refractivity contribution in [2.24, 2.45) is 0 Å². The Balaban J connectivity index is 3.44. The van der Waals surface area contributed by atoms with Gasteiger partial charge in [0.25, 0.3) is 6.43 Å². The first-order valence-electron chi connectivity index (χ1n) is 3.22. The summed E-state index contributed by atoms with van der Waals surface area (Å²) in [5, 5.41) is 10.3. The minimum atomic E-state index is -3.01. The Kier molecular flexibility index (Phi) is 3.53. The molecule has 8 heteroatoms. The number of nitrogens with zero attached hydrogens (tertiary/aromatic N) is 2. The van der Waals surface area contributed by atoms with Gasteiger partial charge < -0.3 is 0 Å². The van der Waals surface area contributed by atoms with Gasteiger partial charge in [-0.3, -0.25) is 10.1 Å². The minimum absolute atomic E-state index is 0.0444. The van der Waals surface area contributed by atoms with Crippen LogP contribution in [0.1, 0.15) is 12.1 Å². The second-order valence-corrected chi connectivity index (χ2v) is 3.77. The van der Waals surface area contributed by atoms with Gasteiger partial charge in [0, 0.05) is 0 Å². The zero-order chi connectivity index (χ0) is 10.9. The summed E-state index contributed by atoms with van der Waals surface area (Å²) >= 11 is 6.96. The van der Waals surface area contributed by atoms with Crippen molar-refractivity contribution >= 4 is 39.9 Å². The van der Waals surface area contributed by atoms with Crippen LogP contribution in [0.2, 0.25) is 5.15 Å². The van der Waals surface area contributed by atoms with Crippen LogP contribution in [-0.4, -0.2) is 9.91 Å². The van der Waals surface area contributed by atoms with E-state index in [4.69, 9.17) is 11.6 Å². The van der Waals surface area contributed by atoms with Crippen LogP contribution in [0.25, 0.3) is 0 Å². The fourth-order valence-corrected chi connectivity index (χ4v) is 1.98. The maximum absolute atomic E-state index is 12.3. The third-order valence-electron chi connectivity index (χ3n) is 1.33. The lowest BCUT2D eigenvalue weighted by Crippen LogP contribution is -2.02. The molecule has 0 aliphatic carbocycles. The molecule has 1 heterocycles. The quantitative estimate of drug-likeness (QED) is 0.361. The molecule has 0 fully saturated rings. The van der Waals surface area contributed by atoms with Gasteiger partial charge in [-0.2, -0.15) is 0 Å². The number of nitro groups is 1. The average Bonchev–Trinajstić information content (AvgIpc) is 2.01. The Hall–Kier alpha value is -0.570. The Labute approximate surface area is 95.6 Å². The summed E-state index contributed by atoms with van der Waals surface area (Å²) in [6.45, 7) is 0. The zero-order valence-electron chi connectivity index (χ0n) is 6.38. The standard InChI is InChI=1S/C6H2ClF2IN2O2/c7-3-1-2(10)5(12(13)14)4(11-3)6(8)9/h1,6H. The highest BCUT2D eigenvalue weighted by Gasteiger charge is 2.27. The molecule has 0 saturated carbocycles. The second-order valence-electron chi connectivity index (χ2n) is 2.22. The van der Waals surface area contributed by atoms with Crippen molar-refractivity contribution in [2.45, 2.75) is 6.43 Å². The molecule has 0 unspecified atom stereocenters. The van der Waals surface area contributed by atoms with Gasteiger partial charge in [0.05, 0.1) is 8.49 Å². The topological polar surface area (TPSA) is 56.0 Å². The number of hydrogen-bond acceptors (Lipinski definition) is 3. The molecule has 0 bridgehead atoms. The molecule has 1 aromatic rings. The van der Waals surface area contributed by atoms with Crippen molar-refractivity contribution in [1.82, 2.24) is 4.98 Å². The normalized spacial score (nSPS) is 10.6. The SMILES string of the molecule is O=[N+]([O-])c1c(I)cc(Cl)nc1C(F)F. The van der Waals surface area contributed by atoms with E-state index in [1.807, 2.05) is 0 Å². The van der Waals surface area contributed by atoms with Crippen LogP contribution >= 0.6 is 34.2 Å². The number of alkyl halides is 2. The first-order valence-corrected chi connectivity index (χ1v) is 4.67. The highest BCUT2D eigenvalue weighted by molar-refractivity contribution is 14.1. The van der Waals surface area contributed by atoms with E-state index in [1.165, 1.54) is 0 Å². The summed E-state index contributed by atoms with van der Waals surface area (Å²) in [6.07, 6.45) is -3.01. The summed E-state index contributed by atoms with van der Waals surface area (Å²) < 4.78 is 24.7. The highest BCUT2D eigenvalue weighted by atomic mass is 127. The molecule has 0 aromatic carbocycles. The van der Waals surface area contributed by atoms with E-state index in [0.717, 1.165) is 6.07 Å². The predicted molar refractivity (Wildman–Crippen MR) is 53.6 cm³/mol. The van der Waals surface area contributed by atoms with Crippen molar-refractivity contribution in [2.75, 3.05) is 0 Å². The van der Waals surface area contributed by atoms with E-state index >= 15 is 0 Å². The molecular formula is C6H2ClF2IN2O2. The largest absolute Gasteiger partial charge is 0.309 e. The smallest absolute Gasteiger partial charge is 0.258 e. The molecule has 1 aromatic heterocycles. The van der Waals surface area contributed by atoms with E-state index in [0.29, 0.717) is 0 Å². The van der Waals surface area contributed by atoms with Crippen molar-refractivity contribution in [3.05, 3.63) is 30.6 Å². The molecule has 4 nitrogen and oxygen atoms in total. The van der Waals surface area contributed by atoms with Crippen molar-refractivity contribution in [3.63, 3.8) is 0 Å². The zero-order valence-corrected chi connectivity index (χ0v) is 9.29. The third-order valence-corrected chi connectivity index (χ3v) is 2.35. The minimum Gasteiger partial charge on any atom is -0.258 e. The van der Waals surface area contributed by atoms with Crippen LogP contribution in [0, 0.1) is 13.7 Å². The molecule has 0 saturated heterocycles. The van der Waals surface area contributed by atoms with Crippen LogP contribution in [0.15, 0.2) is 6.07 Å². The lowest BCUT2D eigenvalue weighted by atomic mass is 10.3. The lowest BCUT2D eigenvalue weighted by molar-refractivity contribution is -0.387. The van der Waals surface area contributed by atoms with Crippen LogP contribution in [0.3, 0.4) is 0 Å². The second kappa shape index (κ2) is 4.30. The number of hydrogen-bond donors (Lipinski definition) is 0. The maximum atomic E-state index is 12.3. The van der Waals surface area contributed by atoms with E-state index in [9.17, 15) is 18.9 Å². The molecule has 0 amide bonds. The molecular weight excluding hydrogens is 332 g/mol. The van der Waals surface area contributed by atoms with E-state index in [1.54, 1.807) is 22.6 Å². The Morgan fingerprint density at radius 2 is 2.21 bits per heavy atom. The number of rotatable bonds is 2. The first kappa shape index (κ1) is 11.5. The van der Waals surface area contributed by atoms with Gasteiger partial charge in [-0.25, -0.2) is 13.8 Å². The van der Waals surface area contributed by atoms with Gasteiger partial charge in [-0.15, -0.1) is 0 Å². The highest BCUT2D eigenvalue weighted by Crippen LogP contribution is 2.32. The monoisotopic (exact) mass is 334 g/mol. The van der Waals surface area contributed by atoms with Gasteiger partial charge in [-0.05, 0) is 28.7 Å². The molecule has 1 rings (SSSR count). The molecule has 0 atom stereocenters. The Morgan fingerprint density at radius 3 is 2.64 bits per heavy atom. The number of halogens is 4. The molecule has 0 aliphatic rings. The van der Waals surface area contributed by atoms with Gasteiger partial charge in [0.1, 0.15) is 5.15 Å². The summed E-state index contributed by atoms with van der Waals surface area (Å²) in [7, 11) is 0. The fraction of sp³-hybridized carbons (Fsp3) is 0.167. The third kappa shape index (κ3) is 2.27. The summed E-state index contributed by atoms with van der Waals surface area (Å²) in [5.74, 6) is 0. The van der Waals surface area contributed by atoms with Crippen LogP contribution in [0.5, 0.6) is 0 Å². The molecule has 0 radical (unpaired) electrons. The molecule has 0 aliphatic heterocycles. The predicted octanol–water partition coefficient (Wildman–Crippen LogP) is 3.19. The van der Waals surface area contributed by atoms with Crippen molar-refractivity contribution in [1.29, 1.82) is 0 Å². The van der Waals surface area contributed by atoms with Crippen LogP contribution in [-0.2, 0) is 0 Å². The van der Waals surface area contributed by atoms with E-state index in [2.05, 4.69) is 4.98 Å². The summed E-state index contributed by atoms with van der Waals surface area (Å²) in [6, 6.07) is 1.16. The fourth-order valence-electron chi connectivity index (χ4n) is 0.828. The number of pyridine rings is 1.